The number of alkyl carbamates (subject to hydrolysis) is 1. The Bertz CT molecular complexity index is 273. The van der Waals surface area contributed by atoms with Gasteiger partial charge in [0.05, 0.1) is 12.6 Å². The molecule has 1 saturated heterocycles. The van der Waals surface area contributed by atoms with Crippen LogP contribution in [0.1, 0.15) is 27.7 Å². The van der Waals surface area contributed by atoms with Gasteiger partial charge in [-0.2, -0.15) is 0 Å². The first kappa shape index (κ1) is 13.5. The second kappa shape index (κ2) is 4.37. The lowest BCUT2D eigenvalue weighted by Crippen LogP contribution is -2.45. The summed E-state index contributed by atoms with van der Waals surface area (Å²) in [5, 5.41) is 2.96. The smallest absolute Gasteiger partial charge is 0.407 e. The Labute approximate surface area is 98.8 Å². The van der Waals surface area contributed by atoms with Crippen LogP contribution in [0.5, 0.6) is 0 Å². The fourth-order valence-electron chi connectivity index (χ4n) is 1.25. The zero-order valence-electron chi connectivity index (χ0n) is 11.1. The van der Waals surface area contributed by atoms with Crippen molar-refractivity contribution in [3.05, 3.63) is 0 Å². The lowest BCUT2D eigenvalue weighted by atomic mass is 10.2. The summed E-state index contributed by atoms with van der Waals surface area (Å²) in [7, 11) is -1.73. The summed E-state index contributed by atoms with van der Waals surface area (Å²) in [5.41, 5.74) is 0. The van der Waals surface area contributed by atoms with E-state index >= 15 is 0 Å². The van der Waals surface area contributed by atoms with E-state index in [4.69, 9.17) is 9.16 Å². The molecule has 0 saturated carbocycles. The van der Waals surface area contributed by atoms with Gasteiger partial charge in [-0.15, -0.1) is 0 Å². The standard InChI is InChI=1S/C11H23NO3Si/c1-8-9(12-10(13)15-8)7-14-16(5,6)11(2,3)4/h8-9H,7H2,1-6H3,(H,12,13). The van der Waals surface area contributed by atoms with Gasteiger partial charge in [-0.1, -0.05) is 20.8 Å². The second-order valence-electron chi connectivity index (χ2n) is 5.93. The predicted molar refractivity (Wildman–Crippen MR) is 66.0 cm³/mol. The Hall–Kier alpha value is -0.553. The molecule has 1 heterocycles. The van der Waals surface area contributed by atoms with Crippen LogP contribution in [0, 0.1) is 0 Å². The van der Waals surface area contributed by atoms with Gasteiger partial charge in [0.1, 0.15) is 6.10 Å². The lowest BCUT2D eigenvalue weighted by molar-refractivity contribution is 0.130. The van der Waals surface area contributed by atoms with Gasteiger partial charge >= 0.3 is 6.09 Å². The van der Waals surface area contributed by atoms with Gasteiger partial charge in [-0.05, 0) is 25.1 Å². The topological polar surface area (TPSA) is 47.6 Å². The number of carbonyl (C=O) groups is 1. The van der Waals surface area contributed by atoms with Gasteiger partial charge in [0.2, 0.25) is 0 Å². The minimum atomic E-state index is -1.73. The molecule has 1 N–H and O–H groups in total. The summed E-state index contributed by atoms with van der Waals surface area (Å²) >= 11 is 0. The molecule has 0 bridgehead atoms. The molecule has 0 radical (unpaired) electrons. The van der Waals surface area contributed by atoms with Crippen LogP contribution in [-0.4, -0.2) is 33.2 Å². The van der Waals surface area contributed by atoms with E-state index in [-0.39, 0.29) is 23.3 Å². The number of hydrogen-bond acceptors (Lipinski definition) is 3. The molecular weight excluding hydrogens is 222 g/mol. The summed E-state index contributed by atoms with van der Waals surface area (Å²) in [4.78, 5) is 11.0. The maximum atomic E-state index is 11.0. The summed E-state index contributed by atoms with van der Waals surface area (Å²) in [6.07, 6.45) is -0.436. The third-order valence-electron chi connectivity index (χ3n) is 3.59. The van der Waals surface area contributed by atoms with Gasteiger partial charge in [0.25, 0.3) is 0 Å². The highest BCUT2D eigenvalue weighted by Gasteiger charge is 2.39. The largest absolute Gasteiger partial charge is 0.444 e. The number of nitrogens with one attached hydrogen (secondary N) is 1. The Morgan fingerprint density at radius 2 is 2.00 bits per heavy atom. The van der Waals surface area contributed by atoms with E-state index in [1.54, 1.807) is 0 Å². The van der Waals surface area contributed by atoms with Crippen LogP contribution in [0.3, 0.4) is 0 Å². The molecule has 5 heteroatoms. The highest BCUT2D eigenvalue weighted by Crippen LogP contribution is 2.36. The molecular formula is C11H23NO3Si. The molecule has 4 nitrogen and oxygen atoms in total. The summed E-state index contributed by atoms with van der Waals surface area (Å²) in [6.45, 7) is 13.4. The fraction of sp³-hybridized carbons (Fsp3) is 0.909. The third-order valence-corrected chi connectivity index (χ3v) is 8.09. The van der Waals surface area contributed by atoms with E-state index in [9.17, 15) is 4.79 Å². The minimum Gasteiger partial charge on any atom is -0.444 e. The van der Waals surface area contributed by atoms with E-state index in [0.29, 0.717) is 6.61 Å². The van der Waals surface area contributed by atoms with E-state index in [2.05, 4.69) is 39.2 Å². The first-order valence-electron chi connectivity index (χ1n) is 5.74. The molecule has 1 aliphatic rings. The average Bonchev–Trinajstić information content (AvgIpc) is 2.39. The lowest BCUT2D eigenvalue weighted by Gasteiger charge is -2.37. The number of amides is 1. The number of hydrogen-bond donors (Lipinski definition) is 1. The van der Waals surface area contributed by atoms with Crippen LogP contribution < -0.4 is 5.32 Å². The van der Waals surface area contributed by atoms with Gasteiger partial charge in [-0.25, -0.2) is 4.79 Å². The minimum absolute atomic E-state index is 0.0124. The molecule has 2 atom stereocenters. The van der Waals surface area contributed by atoms with E-state index < -0.39 is 8.32 Å². The molecule has 16 heavy (non-hydrogen) atoms. The maximum absolute atomic E-state index is 11.0. The van der Waals surface area contributed by atoms with Crippen LogP contribution in [0.2, 0.25) is 18.1 Å². The summed E-state index contributed by atoms with van der Waals surface area (Å²) < 4.78 is 11.1. The molecule has 0 aromatic carbocycles. The Morgan fingerprint density at radius 3 is 2.38 bits per heavy atom. The average molecular weight is 245 g/mol. The van der Waals surface area contributed by atoms with Crippen molar-refractivity contribution < 1.29 is 14.0 Å². The first-order valence-corrected chi connectivity index (χ1v) is 8.65. The van der Waals surface area contributed by atoms with Crippen molar-refractivity contribution in [1.82, 2.24) is 5.32 Å². The van der Waals surface area contributed by atoms with Crippen LogP contribution in [0.25, 0.3) is 0 Å². The van der Waals surface area contributed by atoms with Crippen molar-refractivity contribution in [3.8, 4) is 0 Å². The SMILES string of the molecule is CC1OC(=O)NC1CO[Si](C)(C)C(C)(C)C. The van der Waals surface area contributed by atoms with Crippen LogP contribution in [0.4, 0.5) is 4.79 Å². The van der Waals surface area contributed by atoms with Gasteiger partial charge in [0.15, 0.2) is 8.32 Å². The molecule has 1 rings (SSSR count). The molecule has 0 aromatic heterocycles. The third kappa shape index (κ3) is 2.98. The van der Waals surface area contributed by atoms with Crippen molar-refractivity contribution in [3.63, 3.8) is 0 Å². The predicted octanol–water partition coefficient (Wildman–Crippen LogP) is 2.51. The molecule has 1 fully saturated rings. The first-order chi connectivity index (χ1) is 7.13. The Morgan fingerprint density at radius 1 is 1.44 bits per heavy atom. The summed E-state index contributed by atoms with van der Waals surface area (Å²) in [6, 6.07) is -0.0124. The second-order valence-corrected chi connectivity index (χ2v) is 10.7. The normalized spacial score (nSPS) is 26.5. The van der Waals surface area contributed by atoms with Gasteiger partial charge in [-0.3, -0.25) is 0 Å². The van der Waals surface area contributed by atoms with E-state index in [0.717, 1.165) is 0 Å². The Kier molecular flexibility index (Phi) is 3.69. The van der Waals surface area contributed by atoms with Crippen LogP contribution in [0.15, 0.2) is 0 Å². The highest BCUT2D eigenvalue weighted by atomic mass is 28.4. The van der Waals surface area contributed by atoms with Crippen molar-refractivity contribution >= 4 is 14.4 Å². The van der Waals surface area contributed by atoms with E-state index in [1.807, 2.05) is 6.92 Å². The Balaban J connectivity index is 2.49. The fourth-order valence-corrected chi connectivity index (χ4v) is 2.27. The molecule has 2 unspecified atom stereocenters. The molecule has 1 aliphatic heterocycles. The van der Waals surface area contributed by atoms with E-state index in [1.165, 1.54) is 0 Å². The van der Waals surface area contributed by atoms with Crippen molar-refractivity contribution in [2.45, 2.75) is 58.0 Å². The number of rotatable bonds is 3. The maximum Gasteiger partial charge on any atom is 0.407 e. The number of carbonyl (C=O) groups excluding carboxylic acids is 1. The van der Waals surface area contributed by atoms with Crippen LogP contribution >= 0.6 is 0 Å². The van der Waals surface area contributed by atoms with Crippen LogP contribution in [-0.2, 0) is 9.16 Å². The molecule has 0 aromatic rings. The van der Waals surface area contributed by atoms with Gasteiger partial charge < -0.3 is 14.5 Å². The summed E-state index contributed by atoms with van der Waals surface area (Å²) in [5.74, 6) is 0. The van der Waals surface area contributed by atoms with Crippen molar-refractivity contribution in [1.29, 1.82) is 0 Å². The zero-order chi connectivity index (χ0) is 12.6. The van der Waals surface area contributed by atoms with Crippen molar-refractivity contribution in [2.75, 3.05) is 6.61 Å². The molecule has 0 spiro atoms. The highest BCUT2D eigenvalue weighted by molar-refractivity contribution is 6.74. The monoisotopic (exact) mass is 245 g/mol. The number of cyclic esters (lactones) is 1. The van der Waals surface area contributed by atoms with Crippen molar-refractivity contribution in [2.24, 2.45) is 0 Å². The molecule has 1 amide bonds. The zero-order valence-corrected chi connectivity index (χ0v) is 12.1. The molecule has 94 valence electrons. The quantitative estimate of drug-likeness (QED) is 0.777. The van der Waals surface area contributed by atoms with Gasteiger partial charge in [0, 0.05) is 0 Å². The molecule has 0 aliphatic carbocycles. The number of ether oxygens (including phenoxy) is 1.